The van der Waals surface area contributed by atoms with Crippen molar-refractivity contribution in [3.8, 4) is 11.5 Å². The molecule has 0 heterocycles. The number of nitrogens with zero attached hydrogens (tertiary/aromatic N) is 1. The van der Waals surface area contributed by atoms with Crippen LogP contribution in [0, 0.1) is 13.8 Å². The predicted octanol–water partition coefficient (Wildman–Crippen LogP) is 3.89. The van der Waals surface area contributed by atoms with Gasteiger partial charge < -0.3 is 19.5 Å². The van der Waals surface area contributed by atoms with Crippen LogP contribution in [0.3, 0.4) is 0 Å². The largest absolute Gasteiger partial charge is 0.493 e. The molecular formula is C24H28BrN3O6. The SMILES string of the molecule is CCOC(=O)COc1c(Br)cc(C=NNC(=O)CCC(=O)Nc2cc(C)ccc2C)cc1OC. The quantitative estimate of drug-likeness (QED) is 0.257. The van der Waals surface area contributed by atoms with Crippen molar-refractivity contribution in [2.45, 2.75) is 33.6 Å². The fourth-order valence-corrected chi connectivity index (χ4v) is 3.41. The Labute approximate surface area is 207 Å². The molecule has 182 valence electrons. The number of hydrazone groups is 1. The van der Waals surface area contributed by atoms with Crippen LogP contribution in [0.5, 0.6) is 11.5 Å². The highest BCUT2D eigenvalue weighted by atomic mass is 79.9. The van der Waals surface area contributed by atoms with Gasteiger partial charge in [-0.15, -0.1) is 0 Å². The molecular weight excluding hydrogens is 506 g/mol. The Morgan fingerprint density at radius 2 is 1.82 bits per heavy atom. The molecule has 0 aliphatic carbocycles. The normalized spacial score (nSPS) is 10.6. The Morgan fingerprint density at radius 1 is 1.09 bits per heavy atom. The molecule has 0 saturated carbocycles. The van der Waals surface area contributed by atoms with Crippen molar-refractivity contribution < 1.29 is 28.6 Å². The third-order valence-corrected chi connectivity index (χ3v) is 5.13. The van der Waals surface area contributed by atoms with E-state index in [0.717, 1.165) is 16.8 Å². The summed E-state index contributed by atoms with van der Waals surface area (Å²) >= 11 is 3.38. The van der Waals surface area contributed by atoms with E-state index in [2.05, 4.69) is 31.8 Å². The number of amides is 2. The lowest BCUT2D eigenvalue weighted by Crippen LogP contribution is -2.21. The molecule has 0 unspecified atom stereocenters. The average Bonchev–Trinajstić information content (AvgIpc) is 2.79. The summed E-state index contributed by atoms with van der Waals surface area (Å²) in [6.45, 7) is 5.56. The van der Waals surface area contributed by atoms with Gasteiger partial charge in [0.15, 0.2) is 18.1 Å². The zero-order valence-electron chi connectivity index (χ0n) is 19.6. The van der Waals surface area contributed by atoms with Crippen LogP contribution < -0.4 is 20.2 Å². The molecule has 9 nitrogen and oxygen atoms in total. The Hall–Kier alpha value is -3.40. The van der Waals surface area contributed by atoms with E-state index in [1.807, 2.05) is 32.0 Å². The summed E-state index contributed by atoms with van der Waals surface area (Å²) < 4.78 is 16.2. The molecule has 0 radical (unpaired) electrons. The second-order valence-corrected chi connectivity index (χ2v) is 8.14. The van der Waals surface area contributed by atoms with Gasteiger partial charge in [-0.1, -0.05) is 12.1 Å². The first-order valence-electron chi connectivity index (χ1n) is 10.6. The minimum atomic E-state index is -0.493. The van der Waals surface area contributed by atoms with Gasteiger partial charge in [0, 0.05) is 18.5 Å². The van der Waals surface area contributed by atoms with E-state index in [-0.39, 0.29) is 32.0 Å². The molecule has 2 N–H and O–H groups in total. The number of hydrogen-bond donors (Lipinski definition) is 2. The first-order chi connectivity index (χ1) is 16.2. The summed E-state index contributed by atoms with van der Waals surface area (Å²) in [4.78, 5) is 35.7. The van der Waals surface area contributed by atoms with Crippen LogP contribution in [0.1, 0.15) is 36.5 Å². The summed E-state index contributed by atoms with van der Waals surface area (Å²) in [5, 5.41) is 6.75. The number of aryl methyl sites for hydroxylation is 2. The fraction of sp³-hybridized carbons (Fsp3) is 0.333. The number of rotatable bonds is 11. The van der Waals surface area contributed by atoms with E-state index < -0.39 is 11.9 Å². The van der Waals surface area contributed by atoms with Crippen molar-refractivity contribution in [3.63, 3.8) is 0 Å². The summed E-state index contributed by atoms with van der Waals surface area (Å²) in [7, 11) is 1.46. The smallest absolute Gasteiger partial charge is 0.344 e. The molecule has 10 heteroatoms. The molecule has 2 aromatic rings. The highest BCUT2D eigenvalue weighted by Crippen LogP contribution is 2.36. The van der Waals surface area contributed by atoms with Gasteiger partial charge in [0.1, 0.15) is 0 Å². The number of carbonyl (C=O) groups excluding carboxylic acids is 3. The number of methoxy groups -OCH3 is 1. The zero-order chi connectivity index (χ0) is 25.1. The van der Waals surface area contributed by atoms with E-state index in [1.54, 1.807) is 19.1 Å². The van der Waals surface area contributed by atoms with E-state index >= 15 is 0 Å². The maximum atomic E-state index is 12.2. The van der Waals surface area contributed by atoms with E-state index in [1.165, 1.54) is 13.3 Å². The van der Waals surface area contributed by atoms with Crippen molar-refractivity contribution in [1.29, 1.82) is 0 Å². The Bertz CT molecular complexity index is 1070. The van der Waals surface area contributed by atoms with Gasteiger partial charge in [0.2, 0.25) is 11.8 Å². The molecule has 2 amide bonds. The van der Waals surface area contributed by atoms with Crippen molar-refractivity contribution in [3.05, 3.63) is 51.5 Å². The van der Waals surface area contributed by atoms with E-state index in [0.29, 0.717) is 21.5 Å². The number of esters is 1. The van der Waals surface area contributed by atoms with Crippen LogP contribution in [-0.2, 0) is 19.1 Å². The molecule has 0 aliphatic heterocycles. The minimum Gasteiger partial charge on any atom is -0.493 e. The molecule has 0 atom stereocenters. The molecule has 2 rings (SSSR count). The second kappa shape index (κ2) is 13.3. The standard InChI is InChI=1S/C24H28BrN3O6/c1-5-33-23(31)14-34-24-18(25)11-17(12-20(24)32-4)13-26-28-22(30)9-8-21(29)27-19-10-15(2)6-7-16(19)3/h6-7,10-13H,5,8-9,14H2,1-4H3,(H,27,29)(H,28,30). The van der Waals surface area contributed by atoms with Crippen molar-refractivity contribution in [2.75, 3.05) is 25.6 Å². The number of nitrogens with one attached hydrogen (secondary N) is 2. The number of carbonyl (C=O) groups is 3. The van der Waals surface area contributed by atoms with Crippen molar-refractivity contribution in [2.24, 2.45) is 5.10 Å². The maximum absolute atomic E-state index is 12.2. The number of halogens is 1. The Balaban J connectivity index is 1.88. The minimum absolute atomic E-state index is 0.0122. The van der Waals surface area contributed by atoms with Crippen LogP contribution in [0.25, 0.3) is 0 Å². The van der Waals surface area contributed by atoms with Gasteiger partial charge in [-0.2, -0.15) is 5.10 Å². The number of hydrogen-bond acceptors (Lipinski definition) is 7. The topological polar surface area (TPSA) is 115 Å². The van der Waals surface area contributed by atoms with Crippen LogP contribution >= 0.6 is 15.9 Å². The van der Waals surface area contributed by atoms with Crippen LogP contribution in [-0.4, -0.2) is 44.3 Å². The first-order valence-corrected chi connectivity index (χ1v) is 11.4. The highest BCUT2D eigenvalue weighted by molar-refractivity contribution is 9.10. The summed E-state index contributed by atoms with van der Waals surface area (Å²) in [5.41, 5.74) is 5.73. The summed E-state index contributed by atoms with van der Waals surface area (Å²) in [6.07, 6.45) is 1.44. The first kappa shape index (κ1) is 26.8. The lowest BCUT2D eigenvalue weighted by atomic mass is 10.1. The van der Waals surface area contributed by atoms with E-state index in [9.17, 15) is 14.4 Å². The van der Waals surface area contributed by atoms with Crippen LogP contribution in [0.4, 0.5) is 5.69 Å². The molecule has 0 aliphatic rings. The van der Waals surface area contributed by atoms with Gasteiger partial charge in [0.25, 0.3) is 0 Å². The second-order valence-electron chi connectivity index (χ2n) is 7.29. The van der Waals surface area contributed by atoms with Gasteiger partial charge in [-0.05, 0) is 71.6 Å². The zero-order valence-corrected chi connectivity index (χ0v) is 21.2. The van der Waals surface area contributed by atoms with Gasteiger partial charge >= 0.3 is 5.97 Å². The van der Waals surface area contributed by atoms with Crippen molar-refractivity contribution >= 4 is 45.6 Å². The lowest BCUT2D eigenvalue weighted by Gasteiger charge is -2.13. The maximum Gasteiger partial charge on any atom is 0.344 e. The molecule has 34 heavy (non-hydrogen) atoms. The lowest BCUT2D eigenvalue weighted by molar-refractivity contribution is -0.145. The van der Waals surface area contributed by atoms with Crippen molar-refractivity contribution in [1.82, 2.24) is 5.43 Å². The molecule has 0 saturated heterocycles. The Morgan fingerprint density at radius 3 is 2.53 bits per heavy atom. The van der Waals surface area contributed by atoms with Crippen LogP contribution in [0.2, 0.25) is 0 Å². The monoisotopic (exact) mass is 533 g/mol. The number of anilines is 1. The molecule has 0 bridgehead atoms. The van der Waals surface area contributed by atoms with Gasteiger partial charge in [0.05, 0.1) is 24.4 Å². The number of ether oxygens (including phenoxy) is 3. The third kappa shape index (κ3) is 8.51. The fourth-order valence-electron chi connectivity index (χ4n) is 2.83. The van der Waals surface area contributed by atoms with Gasteiger partial charge in [-0.3, -0.25) is 9.59 Å². The predicted molar refractivity (Wildman–Crippen MR) is 132 cm³/mol. The van der Waals surface area contributed by atoms with Gasteiger partial charge in [-0.25, -0.2) is 10.2 Å². The molecule has 2 aromatic carbocycles. The Kier molecular flexibility index (Phi) is 10.5. The summed E-state index contributed by atoms with van der Waals surface area (Å²) in [6, 6.07) is 9.11. The third-order valence-electron chi connectivity index (χ3n) is 4.54. The average molecular weight is 534 g/mol. The molecule has 0 spiro atoms. The highest BCUT2D eigenvalue weighted by Gasteiger charge is 2.14. The number of benzene rings is 2. The molecule has 0 fully saturated rings. The molecule has 0 aromatic heterocycles. The summed E-state index contributed by atoms with van der Waals surface area (Å²) in [5.74, 6) is -0.429. The van der Waals surface area contributed by atoms with E-state index in [4.69, 9.17) is 14.2 Å². The van der Waals surface area contributed by atoms with Crippen LogP contribution in [0.15, 0.2) is 39.9 Å².